The molecule has 0 saturated carbocycles. The first kappa shape index (κ1) is 22.0. The Labute approximate surface area is 175 Å². The summed E-state index contributed by atoms with van der Waals surface area (Å²) >= 11 is 0. The Morgan fingerprint density at radius 2 is 1.83 bits per heavy atom. The highest BCUT2D eigenvalue weighted by Crippen LogP contribution is 2.30. The van der Waals surface area contributed by atoms with E-state index in [1.807, 2.05) is 36.4 Å². The number of benzene rings is 2. The van der Waals surface area contributed by atoms with E-state index in [1.54, 1.807) is 17.5 Å². The first-order chi connectivity index (χ1) is 14.0. The Morgan fingerprint density at radius 3 is 2.48 bits per heavy atom. The van der Waals surface area contributed by atoms with Gasteiger partial charge in [0.25, 0.3) is 0 Å². The minimum Gasteiger partial charge on any atom is -0.384 e. The highest BCUT2D eigenvalue weighted by Gasteiger charge is 2.34. The highest BCUT2D eigenvalue weighted by molar-refractivity contribution is 7.89. The van der Waals surface area contributed by atoms with Crippen LogP contribution < -0.4 is 0 Å². The highest BCUT2D eigenvalue weighted by atomic mass is 32.2. The maximum Gasteiger partial charge on any atom is 0.243 e. The van der Waals surface area contributed by atoms with Crippen LogP contribution in [0, 0.1) is 0 Å². The van der Waals surface area contributed by atoms with Crippen LogP contribution in [0.4, 0.5) is 0 Å². The number of sulfonamides is 1. The fourth-order valence-electron chi connectivity index (χ4n) is 4.11. The Hall–Kier alpha value is -1.73. The summed E-state index contributed by atoms with van der Waals surface area (Å²) in [5, 5.41) is 0. The summed E-state index contributed by atoms with van der Waals surface area (Å²) in [5.41, 5.74) is 2.18. The van der Waals surface area contributed by atoms with Gasteiger partial charge in [0.1, 0.15) is 0 Å². The molecule has 2 atom stereocenters. The normalized spacial score (nSPS) is 19.9. The van der Waals surface area contributed by atoms with Crippen molar-refractivity contribution >= 4 is 10.0 Å². The molecule has 0 radical (unpaired) electrons. The SMILES string of the molecule is CCC(COC)c1cccc(S(=O)(=O)N2CCN(CC)C(c3ccccc3)C2)c1. The van der Waals surface area contributed by atoms with Gasteiger partial charge < -0.3 is 4.74 Å². The van der Waals surface area contributed by atoms with Gasteiger partial charge in [0.05, 0.1) is 11.5 Å². The molecule has 1 aliphatic rings. The van der Waals surface area contributed by atoms with Gasteiger partial charge in [0.15, 0.2) is 0 Å². The molecular weight excluding hydrogens is 384 g/mol. The number of rotatable bonds is 8. The summed E-state index contributed by atoms with van der Waals surface area (Å²) in [5.74, 6) is 0.198. The van der Waals surface area contributed by atoms with E-state index in [-0.39, 0.29) is 12.0 Å². The maximum absolute atomic E-state index is 13.5. The molecule has 0 N–H and O–H groups in total. The molecule has 1 aliphatic heterocycles. The third-order valence-corrected chi connectivity index (χ3v) is 7.73. The fraction of sp³-hybridized carbons (Fsp3) is 0.478. The van der Waals surface area contributed by atoms with Crippen LogP contribution in [0.5, 0.6) is 0 Å². The molecule has 5 nitrogen and oxygen atoms in total. The second-order valence-electron chi connectivity index (χ2n) is 7.55. The number of hydrogen-bond acceptors (Lipinski definition) is 4. The molecule has 0 bridgehead atoms. The van der Waals surface area contributed by atoms with E-state index < -0.39 is 10.0 Å². The molecule has 0 aliphatic carbocycles. The van der Waals surface area contributed by atoms with E-state index in [0.717, 1.165) is 30.6 Å². The zero-order valence-electron chi connectivity index (χ0n) is 17.6. The van der Waals surface area contributed by atoms with E-state index >= 15 is 0 Å². The van der Waals surface area contributed by atoms with Crippen molar-refractivity contribution in [2.24, 2.45) is 0 Å². The van der Waals surface area contributed by atoms with Gasteiger partial charge in [-0.3, -0.25) is 4.90 Å². The zero-order valence-corrected chi connectivity index (χ0v) is 18.4. The summed E-state index contributed by atoms with van der Waals surface area (Å²) in [7, 11) is -1.87. The number of ether oxygens (including phenoxy) is 1. The molecule has 158 valence electrons. The van der Waals surface area contributed by atoms with Crippen molar-refractivity contribution in [3.63, 3.8) is 0 Å². The lowest BCUT2D eigenvalue weighted by Crippen LogP contribution is -2.50. The molecule has 0 aromatic heterocycles. The number of methoxy groups -OCH3 is 1. The first-order valence-electron chi connectivity index (χ1n) is 10.4. The third-order valence-electron chi connectivity index (χ3n) is 5.87. The van der Waals surface area contributed by atoms with E-state index in [4.69, 9.17) is 4.74 Å². The van der Waals surface area contributed by atoms with Gasteiger partial charge in [-0.15, -0.1) is 0 Å². The molecule has 29 heavy (non-hydrogen) atoms. The van der Waals surface area contributed by atoms with Crippen molar-refractivity contribution in [1.29, 1.82) is 0 Å². The molecular formula is C23H32N2O3S. The molecule has 0 spiro atoms. The lowest BCUT2D eigenvalue weighted by atomic mass is 9.98. The Kier molecular flexibility index (Phi) is 7.46. The number of likely N-dealkylation sites (N-methyl/N-ethyl adjacent to an activating group) is 1. The predicted octanol–water partition coefficient (Wildman–Crippen LogP) is 3.89. The van der Waals surface area contributed by atoms with Crippen molar-refractivity contribution in [2.75, 3.05) is 39.9 Å². The maximum atomic E-state index is 13.5. The molecule has 3 rings (SSSR count). The second kappa shape index (κ2) is 9.85. The third kappa shape index (κ3) is 4.89. The molecule has 2 aromatic rings. The van der Waals surface area contributed by atoms with E-state index in [9.17, 15) is 8.42 Å². The lowest BCUT2D eigenvalue weighted by molar-refractivity contribution is 0.124. The van der Waals surface area contributed by atoms with Crippen molar-refractivity contribution in [2.45, 2.75) is 37.1 Å². The lowest BCUT2D eigenvalue weighted by Gasteiger charge is -2.40. The molecule has 2 unspecified atom stereocenters. The van der Waals surface area contributed by atoms with Crippen LogP contribution in [0.3, 0.4) is 0 Å². The van der Waals surface area contributed by atoms with Crippen LogP contribution in [0.15, 0.2) is 59.5 Å². The van der Waals surface area contributed by atoms with Gasteiger partial charge in [0, 0.05) is 38.7 Å². The van der Waals surface area contributed by atoms with Gasteiger partial charge in [-0.2, -0.15) is 4.31 Å². The average molecular weight is 417 g/mol. The van der Waals surface area contributed by atoms with Crippen LogP contribution in [0.25, 0.3) is 0 Å². The van der Waals surface area contributed by atoms with Crippen molar-refractivity contribution in [3.05, 3.63) is 65.7 Å². The Balaban J connectivity index is 1.87. The standard InChI is InChI=1S/C23H32N2O3S/c1-4-19(18-28-3)21-12-9-13-22(16-21)29(26,27)25-15-14-24(5-2)23(17-25)20-10-7-6-8-11-20/h6-13,16,19,23H,4-5,14-15,17-18H2,1-3H3. The summed E-state index contributed by atoms with van der Waals surface area (Å²) in [6.07, 6.45) is 0.905. The van der Waals surface area contributed by atoms with E-state index in [2.05, 4.69) is 30.9 Å². The van der Waals surface area contributed by atoms with Crippen LogP contribution in [0.1, 0.15) is 43.4 Å². The predicted molar refractivity (Wildman–Crippen MR) is 117 cm³/mol. The second-order valence-corrected chi connectivity index (χ2v) is 9.49. The first-order valence-corrected chi connectivity index (χ1v) is 11.8. The molecule has 0 amide bonds. The number of piperazine rings is 1. The summed E-state index contributed by atoms with van der Waals surface area (Å²) in [4.78, 5) is 2.73. The van der Waals surface area contributed by atoms with Crippen molar-refractivity contribution < 1.29 is 13.2 Å². The van der Waals surface area contributed by atoms with Crippen LogP contribution in [-0.4, -0.2) is 57.5 Å². The summed E-state index contributed by atoms with van der Waals surface area (Å²) in [6.45, 7) is 7.43. The molecule has 1 heterocycles. The number of nitrogens with zero attached hydrogens (tertiary/aromatic N) is 2. The van der Waals surface area contributed by atoms with Crippen molar-refractivity contribution in [1.82, 2.24) is 9.21 Å². The Bertz CT molecular complexity index is 886. The van der Waals surface area contributed by atoms with Crippen LogP contribution in [0.2, 0.25) is 0 Å². The molecule has 6 heteroatoms. The van der Waals surface area contributed by atoms with Gasteiger partial charge in [-0.1, -0.05) is 56.3 Å². The number of hydrogen-bond donors (Lipinski definition) is 0. The quantitative estimate of drug-likeness (QED) is 0.655. The van der Waals surface area contributed by atoms with Crippen LogP contribution >= 0.6 is 0 Å². The molecule has 1 fully saturated rings. The minimum absolute atomic E-state index is 0.0739. The average Bonchev–Trinajstić information content (AvgIpc) is 2.77. The summed E-state index contributed by atoms with van der Waals surface area (Å²) in [6, 6.07) is 17.6. The van der Waals surface area contributed by atoms with E-state index in [1.165, 1.54) is 0 Å². The monoisotopic (exact) mass is 416 g/mol. The minimum atomic E-state index is -3.55. The van der Waals surface area contributed by atoms with Gasteiger partial charge in [0.2, 0.25) is 10.0 Å². The topological polar surface area (TPSA) is 49.9 Å². The summed E-state index contributed by atoms with van der Waals surface area (Å²) < 4.78 is 33.9. The Morgan fingerprint density at radius 1 is 1.07 bits per heavy atom. The molecule has 2 aromatic carbocycles. The largest absolute Gasteiger partial charge is 0.384 e. The van der Waals surface area contributed by atoms with Crippen LogP contribution in [-0.2, 0) is 14.8 Å². The van der Waals surface area contributed by atoms with Gasteiger partial charge in [-0.25, -0.2) is 8.42 Å². The fourth-order valence-corrected chi connectivity index (χ4v) is 5.61. The smallest absolute Gasteiger partial charge is 0.243 e. The van der Waals surface area contributed by atoms with Crippen molar-refractivity contribution in [3.8, 4) is 0 Å². The molecule has 1 saturated heterocycles. The van der Waals surface area contributed by atoms with E-state index in [0.29, 0.717) is 24.6 Å². The van der Waals surface area contributed by atoms with Gasteiger partial charge >= 0.3 is 0 Å². The zero-order chi connectivity index (χ0) is 20.9. The van der Waals surface area contributed by atoms with Gasteiger partial charge in [-0.05, 0) is 36.2 Å².